The summed E-state index contributed by atoms with van der Waals surface area (Å²) < 4.78 is 0. The van der Waals surface area contributed by atoms with Gasteiger partial charge in [-0.1, -0.05) is 13.0 Å². The molecule has 0 aliphatic rings. The number of hydrogen-bond acceptors (Lipinski definition) is 4. The number of carbonyl (C=O) groups is 2. The lowest BCUT2D eigenvalue weighted by molar-refractivity contribution is 0.0687. The van der Waals surface area contributed by atoms with Gasteiger partial charge in [-0.2, -0.15) is 0 Å². The van der Waals surface area contributed by atoms with Gasteiger partial charge in [0.25, 0.3) is 0 Å². The van der Waals surface area contributed by atoms with Crippen molar-refractivity contribution < 1.29 is 19.8 Å². The second kappa shape index (κ2) is 6.82. The number of thiophene rings is 2. The number of aromatic carboxylic acids is 2. The van der Waals surface area contributed by atoms with Crippen LogP contribution in [0.25, 0.3) is 20.2 Å². The lowest BCUT2D eigenvalue weighted by atomic mass is 9.94. The van der Waals surface area contributed by atoms with Crippen molar-refractivity contribution in [3.63, 3.8) is 0 Å². The normalized spacial score (nSPS) is 10.8. The molecule has 25 heavy (non-hydrogen) atoms. The molecule has 0 aliphatic carbocycles. The van der Waals surface area contributed by atoms with Gasteiger partial charge in [0.15, 0.2) is 0 Å². The number of hydrogen-bond donors (Lipinski definition) is 2. The summed E-state index contributed by atoms with van der Waals surface area (Å²) in [5, 5.41) is 18.4. The molecule has 0 aliphatic heterocycles. The molecule has 0 spiro atoms. The zero-order chi connectivity index (χ0) is 18.1. The fraction of sp³-hybridized carbons (Fsp3) is 0.158. The van der Waals surface area contributed by atoms with Crippen molar-refractivity contribution in [2.24, 2.45) is 0 Å². The molecule has 3 rings (SSSR count). The maximum absolute atomic E-state index is 11.3. The van der Waals surface area contributed by atoms with Crippen molar-refractivity contribution in [1.29, 1.82) is 0 Å². The van der Waals surface area contributed by atoms with Crippen LogP contribution < -0.4 is 0 Å². The van der Waals surface area contributed by atoms with Crippen LogP contribution in [0.1, 0.15) is 38.1 Å². The van der Waals surface area contributed by atoms with E-state index in [0.717, 1.165) is 37.7 Å². The second-order valence-corrected chi connectivity index (χ2v) is 7.72. The van der Waals surface area contributed by atoms with E-state index in [-0.39, 0.29) is 0 Å². The van der Waals surface area contributed by atoms with Gasteiger partial charge >= 0.3 is 11.9 Å². The Hall–Kier alpha value is -2.44. The van der Waals surface area contributed by atoms with Crippen molar-refractivity contribution in [2.45, 2.75) is 20.3 Å². The van der Waals surface area contributed by atoms with Crippen LogP contribution in [0.4, 0.5) is 0 Å². The molecule has 6 heteroatoms. The summed E-state index contributed by atoms with van der Waals surface area (Å²) in [6.07, 6.45) is 0.748. The lowest BCUT2D eigenvalue weighted by Crippen LogP contribution is -2.03. The van der Waals surface area contributed by atoms with E-state index in [1.54, 1.807) is 23.5 Å². The maximum atomic E-state index is 11.3. The summed E-state index contributed by atoms with van der Waals surface area (Å²) in [5.41, 5.74) is 3.20. The highest BCUT2D eigenvalue weighted by Crippen LogP contribution is 2.39. The van der Waals surface area contributed by atoms with Gasteiger partial charge in [-0.3, -0.25) is 0 Å². The molecule has 0 saturated heterocycles. The maximum Gasteiger partial charge on any atom is 0.345 e. The zero-order valence-corrected chi connectivity index (χ0v) is 15.3. The smallest absolute Gasteiger partial charge is 0.345 e. The van der Waals surface area contributed by atoms with E-state index >= 15 is 0 Å². The van der Waals surface area contributed by atoms with Gasteiger partial charge in [0, 0.05) is 14.6 Å². The molecular formula is C19H16O4S2. The van der Waals surface area contributed by atoms with Crippen molar-refractivity contribution >= 4 is 34.6 Å². The Balaban J connectivity index is 2.03. The molecule has 0 fully saturated rings. The van der Waals surface area contributed by atoms with Gasteiger partial charge in [0.05, 0.1) is 5.56 Å². The summed E-state index contributed by atoms with van der Waals surface area (Å²) in [6, 6.07) is 10.9. The molecule has 0 amide bonds. The van der Waals surface area contributed by atoms with Gasteiger partial charge in [-0.15, -0.1) is 22.7 Å². The third-order valence-electron chi connectivity index (χ3n) is 4.11. The van der Waals surface area contributed by atoms with Gasteiger partial charge in [-0.25, -0.2) is 9.59 Å². The van der Waals surface area contributed by atoms with Crippen LogP contribution in [-0.2, 0) is 6.42 Å². The first-order valence-corrected chi connectivity index (χ1v) is 9.35. The van der Waals surface area contributed by atoms with E-state index in [1.165, 1.54) is 11.3 Å². The third kappa shape index (κ3) is 3.23. The SMILES string of the molecule is CCc1c(-c2ccc(-c3ccc(C(=O)O)s3)s2)ccc(C(=O)O)c1C. The Labute approximate surface area is 153 Å². The van der Waals surface area contributed by atoms with E-state index in [0.29, 0.717) is 10.4 Å². The number of carboxylic acids is 2. The molecule has 0 saturated carbocycles. The molecular weight excluding hydrogens is 356 g/mol. The average molecular weight is 372 g/mol. The van der Waals surface area contributed by atoms with E-state index in [2.05, 4.69) is 0 Å². The predicted molar refractivity (Wildman–Crippen MR) is 101 cm³/mol. The Morgan fingerprint density at radius 2 is 1.52 bits per heavy atom. The summed E-state index contributed by atoms with van der Waals surface area (Å²) in [7, 11) is 0. The van der Waals surface area contributed by atoms with E-state index in [1.807, 2.05) is 38.1 Å². The van der Waals surface area contributed by atoms with Crippen molar-refractivity contribution in [3.05, 3.63) is 58.0 Å². The van der Waals surface area contributed by atoms with Crippen LogP contribution in [0.2, 0.25) is 0 Å². The quantitative estimate of drug-likeness (QED) is 0.628. The minimum atomic E-state index is -0.916. The van der Waals surface area contributed by atoms with Crippen molar-refractivity contribution in [3.8, 4) is 20.2 Å². The monoisotopic (exact) mass is 372 g/mol. The molecule has 2 heterocycles. The second-order valence-electron chi connectivity index (χ2n) is 5.56. The van der Waals surface area contributed by atoms with Gasteiger partial charge in [0.2, 0.25) is 0 Å². The highest BCUT2D eigenvalue weighted by Gasteiger charge is 2.16. The molecule has 2 N–H and O–H groups in total. The average Bonchev–Trinajstić information content (AvgIpc) is 3.23. The Kier molecular flexibility index (Phi) is 4.74. The van der Waals surface area contributed by atoms with E-state index < -0.39 is 11.9 Å². The van der Waals surface area contributed by atoms with Gasteiger partial charge in [-0.05, 0) is 60.4 Å². The Morgan fingerprint density at radius 1 is 0.880 bits per heavy atom. The standard InChI is InChI=1S/C19H16O4S2/c1-3-11-10(2)12(18(20)21)4-5-13(11)14-6-7-15(24-14)16-8-9-17(25-16)19(22)23/h4-9H,3H2,1-2H3,(H,20,21)(H,22,23). The first-order valence-electron chi connectivity index (χ1n) is 7.71. The molecule has 4 nitrogen and oxygen atoms in total. The van der Waals surface area contributed by atoms with Crippen LogP contribution in [0.3, 0.4) is 0 Å². The predicted octanol–water partition coefficient (Wildman–Crippen LogP) is 5.41. The topological polar surface area (TPSA) is 74.6 Å². The first kappa shape index (κ1) is 17.4. The van der Waals surface area contributed by atoms with Crippen LogP contribution in [0.5, 0.6) is 0 Å². The van der Waals surface area contributed by atoms with Crippen LogP contribution in [-0.4, -0.2) is 22.2 Å². The molecule has 3 aromatic rings. The van der Waals surface area contributed by atoms with E-state index in [9.17, 15) is 14.7 Å². The number of rotatable bonds is 5. The van der Waals surface area contributed by atoms with Gasteiger partial charge in [0.1, 0.15) is 4.88 Å². The fourth-order valence-electron chi connectivity index (χ4n) is 2.88. The minimum Gasteiger partial charge on any atom is -0.478 e. The van der Waals surface area contributed by atoms with Crippen molar-refractivity contribution in [1.82, 2.24) is 0 Å². The van der Waals surface area contributed by atoms with Crippen LogP contribution in [0.15, 0.2) is 36.4 Å². The summed E-state index contributed by atoms with van der Waals surface area (Å²) in [6.45, 7) is 3.86. The first-order chi connectivity index (χ1) is 11.9. The Morgan fingerprint density at radius 3 is 2.12 bits per heavy atom. The molecule has 0 atom stereocenters. The fourth-order valence-corrected chi connectivity index (χ4v) is 4.87. The largest absolute Gasteiger partial charge is 0.478 e. The molecule has 128 valence electrons. The molecule has 0 unspecified atom stereocenters. The highest BCUT2D eigenvalue weighted by atomic mass is 32.1. The van der Waals surface area contributed by atoms with Crippen LogP contribution in [0, 0.1) is 6.92 Å². The van der Waals surface area contributed by atoms with Crippen LogP contribution >= 0.6 is 22.7 Å². The Bertz CT molecular complexity index is 966. The van der Waals surface area contributed by atoms with E-state index in [4.69, 9.17) is 5.11 Å². The summed E-state index contributed by atoms with van der Waals surface area (Å²) >= 11 is 2.84. The zero-order valence-electron chi connectivity index (χ0n) is 13.7. The molecule has 0 bridgehead atoms. The lowest BCUT2D eigenvalue weighted by Gasteiger charge is -2.12. The van der Waals surface area contributed by atoms with Crippen molar-refractivity contribution in [2.75, 3.05) is 0 Å². The summed E-state index contributed by atoms with van der Waals surface area (Å²) in [4.78, 5) is 25.7. The molecule has 0 radical (unpaired) electrons. The number of carboxylic acid groups (broad SMARTS) is 2. The molecule has 1 aromatic carbocycles. The highest BCUT2D eigenvalue weighted by molar-refractivity contribution is 7.24. The summed E-state index contributed by atoms with van der Waals surface area (Å²) in [5.74, 6) is -1.83. The minimum absolute atomic E-state index is 0.320. The molecule has 2 aromatic heterocycles. The number of benzene rings is 1. The third-order valence-corrected chi connectivity index (χ3v) is 6.50. The van der Waals surface area contributed by atoms with Gasteiger partial charge < -0.3 is 10.2 Å².